The molecule has 1 aromatic carbocycles. The van der Waals surface area contributed by atoms with Gasteiger partial charge in [0.1, 0.15) is 10.8 Å². The van der Waals surface area contributed by atoms with Gasteiger partial charge < -0.3 is 10.5 Å². The quantitative estimate of drug-likeness (QED) is 0.921. The van der Waals surface area contributed by atoms with Gasteiger partial charge in [0.05, 0.1) is 18.4 Å². The molecule has 0 amide bonds. The van der Waals surface area contributed by atoms with Crippen molar-refractivity contribution in [3.63, 3.8) is 0 Å². The van der Waals surface area contributed by atoms with E-state index in [4.69, 9.17) is 15.5 Å². The minimum atomic E-state index is 0.265. The fraction of sp³-hybridized carbons (Fsp3) is 0.471. The molecular weight excluding hydrogens is 294 g/mol. The van der Waals surface area contributed by atoms with Gasteiger partial charge in [-0.15, -0.1) is 11.3 Å². The molecule has 0 bridgehead atoms. The van der Waals surface area contributed by atoms with Crippen LogP contribution >= 0.6 is 11.3 Å². The summed E-state index contributed by atoms with van der Waals surface area (Å²) in [6.07, 6.45) is 1.17. The number of rotatable bonds is 5. The zero-order chi connectivity index (χ0) is 15.6. The predicted molar refractivity (Wildman–Crippen MR) is 91.2 cm³/mol. The highest BCUT2D eigenvalue weighted by Crippen LogP contribution is 2.33. The van der Waals surface area contributed by atoms with Gasteiger partial charge in [-0.25, -0.2) is 4.98 Å². The van der Waals surface area contributed by atoms with Gasteiger partial charge in [-0.2, -0.15) is 0 Å². The molecule has 3 rings (SSSR count). The first kappa shape index (κ1) is 15.5. The van der Waals surface area contributed by atoms with Gasteiger partial charge in [-0.3, -0.25) is 4.90 Å². The molecule has 2 N–H and O–H groups in total. The van der Waals surface area contributed by atoms with Gasteiger partial charge in [0.25, 0.3) is 0 Å². The summed E-state index contributed by atoms with van der Waals surface area (Å²) in [5.74, 6) is 0.875. The van der Waals surface area contributed by atoms with Crippen molar-refractivity contribution in [2.45, 2.75) is 19.9 Å². The number of benzene rings is 1. The number of nitrogens with zero attached hydrogens (tertiary/aromatic N) is 2. The maximum absolute atomic E-state index is 5.88. The second-order valence-electron chi connectivity index (χ2n) is 6.32. The van der Waals surface area contributed by atoms with Crippen molar-refractivity contribution < 1.29 is 4.74 Å². The number of nitrogens with two attached hydrogens (primary N) is 1. The van der Waals surface area contributed by atoms with Crippen LogP contribution in [-0.4, -0.2) is 36.6 Å². The van der Waals surface area contributed by atoms with Crippen molar-refractivity contribution in [2.75, 3.05) is 26.7 Å². The molecule has 4 nitrogen and oxygen atoms in total. The molecular formula is C17H23N3OS. The Morgan fingerprint density at radius 3 is 2.95 bits per heavy atom. The molecule has 1 aliphatic rings. The molecule has 1 aromatic heterocycles. The Morgan fingerprint density at radius 1 is 1.41 bits per heavy atom. The van der Waals surface area contributed by atoms with E-state index >= 15 is 0 Å². The largest absolute Gasteiger partial charge is 0.496 e. The fourth-order valence-corrected chi connectivity index (χ4v) is 3.82. The number of methoxy groups -OCH3 is 1. The van der Waals surface area contributed by atoms with E-state index in [1.54, 1.807) is 18.4 Å². The van der Waals surface area contributed by atoms with Crippen molar-refractivity contribution in [3.05, 3.63) is 35.3 Å². The summed E-state index contributed by atoms with van der Waals surface area (Å²) in [7, 11) is 1.70. The first-order valence-electron chi connectivity index (χ1n) is 7.64. The van der Waals surface area contributed by atoms with E-state index in [-0.39, 0.29) is 5.41 Å². The van der Waals surface area contributed by atoms with Crippen molar-refractivity contribution >= 4 is 11.3 Å². The van der Waals surface area contributed by atoms with E-state index in [9.17, 15) is 0 Å². The highest BCUT2D eigenvalue weighted by Gasteiger charge is 2.32. The lowest BCUT2D eigenvalue weighted by molar-refractivity contribution is 0.272. The third kappa shape index (κ3) is 3.16. The Kier molecular flexibility index (Phi) is 4.47. The van der Waals surface area contributed by atoms with E-state index in [0.29, 0.717) is 0 Å². The number of aromatic nitrogens is 1. The Labute approximate surface area is 135 Å². The summed E-state index contributed by atoms with van der Waals surface area (Å²) < 4.78 is 5.43. The number of likely N-dealkylation sites (tertiary alicyclic amines) is 1. The lowest BCUT2D eigenvalue weighted by atomic mass is 9.90. The SMILES string of the molecule is COc1ccccc1-c1nc(CN2CCC(C)(CN)C2)cs1. The molecule has 1 aliphatic heterocycles. The molecule has 2 heterocycles. The molecule has 0 saturated carbocycles. The minimum Gasteiger partial charge on any atom is -0.496 e. The van der Waals surface area contributed by atoms with Crippen LogP contribution in [0.1, 0.15) is 19.0 Å². The van der Waals surface area contributed by atoms with Crippen molar-refractivity contribution in [3.8, 4) is 16.3 Å². The lowest BCUT2D eigenvalue weighted by Crippen LogP contribution is -2.31. The van der Waals surface area contributed by atoms with Crippen LogP contribution in [0.5, 0.6) is 5.75 Å². The molecule has 1 fully saturated rings. The Morgan fingerprint density at radius 2 is 2.23 bits per heavy atom. The van der Waals surface area contributed by atoms with Gasteiger partial charge in [0, 0.05) is 18.5 Å². The highest BCUT2D eigenvalue weighted by atomic mass is 32.1. The molecule has 0 spiro atoms. The normalized spacial score (nSPS) is 22.1. The maximum atomic E-state index is 5.88. The van der Waals surface area contributed by atoms with Crippen LogP contribution in [0.2, 0.25) is 0 Å². The first-order chi connectivity index (χ1) is 10.6. The van der Waals surface area contributed by atoms with Gasteiger partial charge >= 0.3 is 0 Å². The van der Waals surface area contributed by atoms with Crippen LogP contribution in [0.25, 0.3) is 10.6 Å². The van der Waals surface area contributed by atoms with Crippen LogP contribution in [0, 0.1) is 5.41 Å². The zero-order valence-corrected chi connectivity index (χ0v) is 14.0. The Balaban J connectivity index is 1.72. The molecule has 1 atom stereocenters. The van der Waals surface area contributed by atoms with Crippen molar-refractivity contribution in [2.24, 2.45) is 11.1 Å². The standard InChI is InChI=1S/C17H23N3OS/c1-17(11-18)7-8-20(12-17)9-13-10-22-16(19-13)14-5-3-4-6-15(14)21-2/h3-6,10H,7-9,11-12,18H2,1-2H3. The van der Waals surface area contributed by atoms with Crippen LogP contribution in [0.3, 0.4) is 0 Å². The van der Waals surface area contributed by atoms with Gasteiger partial charge in [0.2, 0.25) is 0 Å². The molecule has 0 radical (unpaired) electrons. The number of thiazole rings is 1. The van der Waals surface area contributed by atoms with Crippen LogP contribution in [0.4, 0.5) is 0 Å². The number of ether oxygens (including phenoxy) is 1. The highest BCUT2D eigenvalue weighted by molar-refractivity contribution is 7.13. The summed E-state index contributed by atoms with van der Waals surface area (Å²) in [6.45, 7) is 6.10. The molecule has 118 valence electrons. The van der Waals surface area contributed by atoms with Gasteiger partial charge in [-0.1, -0.05) is 19.1 Å². The molecule has 22 heavy (non-hydrogen) atoms. The average Bonchev–Trinajstić information content (AvgIpc) is 3.15. The second-order valence-corrected chi connectivity index (χ2v) is 7.18. The predicted octanol–water partition coefficient (Wildman–Crippen LogP) is 2.99. The van der Waals surface area contributed by atoms with E-state index < -0.39 is 0 Å². The van der Waals surface area contributed by atoms with Crippen molar-refractivity contribution in [1.29, 1.82) is 0 Å². The third-order valence-corrected chi connectivity index (χ3v) is 5.33. The average molecular weight is 317 g/mol. The Bertz CT molecular complexity index is 642. The molecule has 2 aromatic rings. The Hall–Kier alpha value is -1.43. The molecule has 1 unspecified atom stereocenters. The number of hydrogen-bond acceptors (Lipinski definition) is 5. The zero-order valence-electron chi connectivity index (χ0n) is 13.2. The lowest BCUT2D eigenvalue weighted by Gasteiger charge is -2.22. The first-order valence-corrected chi connectivity index (χ1v) is 8.52. The van der Waals surface area contributed by atoms with E-state index in [0.717, 1.165) is 48.2 Å². The van der Waals surface area contributed by atoms with Crippen LogP contribution in [-0.2, 0) is 6.54 Å². The maximum Gasteiger partial charge on any atom is 0.129 e. The topological polar surface area (TPSA) is 51.4 Å². The number of para-hydroxylation sites is 1. The van der Waals surface area contributed by atoms with Gasteiger partial charge in [-0.05, 0) is 37.1 Å². The van der Waals surface area contributed by atoms with E-state index in [1.807, 2.05) is 18.2 Å². The molecule has 0 aliphatic carbocycles. The van der Waals surface area contributed by atoms with Gasteiger partial charge in [0.15, 0.2) is 0 Å². The fourth-order valence-electron chi connectivity index (χ4n) is 2.98. The van der Waals surface area contributed by atoms with E-state index in [1.165, 1.54) is 6.42 Å². The second kappa shape index (κ2) is 6.36. The van der Waals surface area contributed by atoms with Crippen LogP contribution in [0.15, 0.2) is 29.6 Å². The van der Waals surface area contributed by atoms with Crippen molar-refractivity contribution in [1.82, 2.24) is 9.88 Å². The summed E-state index contributed by atoms with van der Waals surface area (Å²) in [5, 5.41) is 3.17. The molecule has 1 saturated heterocycles. The van der Waals surface area contributed by atoms with E-state index in [2.05, 4.69) is 23.3 Å². The van der Waals surface area contributed by atoms with Crippen LogP contribution < -0.4 is 10.5 Å². The summed E-state index contributed by atoms with van der Waals surface area (Å²) in [4.78, 5) is 7.24. The smallest absolute Gasteiger partial charge is 0.129 e. The monoisotopic (exact) mass is 317 g/mol. The summed E-state index contributed by atoms with van der Waals surface area (Å²) in [6, 6.07) is 8.03. The summed E-state index contributed by atoms with van der Waals surface area (Å²) >= 11 is 1.68. The minimum absolute atomic E-state index is 0.265. The molecule has 5 heteroatoms. The number of hydrogen-bond donors (Lipinski definition) is 1. The third-order valence-electron chi connectivity index (χ3n) is 4.40. The summed E-state index contributed by atoms with van der Waals surface area (Å²) in [5.41, 5.74) is 8.34.